The molecule has 0 bridgehead atoms. The first-order valence-electron chi connectivity index (χ1n) is 8.00. The number of hydrogen-bond acceptors (Lipinski definition) is 2. The molecule has 0 N–H and O–H groups in total. The summed E-state index contributed by atoms with van der Waals surface area (Å²) in [6.07, 6.45) is 2.81. The van der Waals surface area contributed by atoms with Crippen LogP contribution in [0, 0.1) is 5.82 Å². The molecular weight excluding hydrogens is 305 g/mol. The smallest absolute Gasteiger partial charge is 0.226 e. The van der Waals surface area contributed by atoms with Gasteiger partial charge in [-0.3, -0.25) is 4.79 Å². The zero-order chi connectivity index (χ0) is 17.2. The molecule has 2 rings (SSSR count). The third-order valence-corrected chi connectivity index (χ3v) is 3.61. The van der Waals surface area contributed by atoms with E-state index < -0.39 is 0 Å². The molecule has 0 unspecified atom stereocenters. The van der Waals surface area contributed by atoms with Gasteiger partial charge in [-0.1, -0.05) is 36.4 Å². The Balaban J connectivity index is 1.79. The van der Waals surface area contributed by atoms with E-state index in [1.807, 2.05) is 30.3 Å². The van der Waals surface area contributed by atoms with Gasteiger partial charge in [0.25, 0.3) is 0 Å². The maximum Gasteiger partial charge on any atom is 0.226 e. The number of halogens is 1. The second-order valence-corrected chi connectivity index (χ2v) is 5.42. The summed E-state index contributed by atoms with van der Waals surface area (Å²) in [6, 6.07) is 15.8. The van der Waals surface area contributed by atoms with Gasteiger partial charge in [0.15, 0.2) is 0 Å². The largest absolute Gasteiger partial charge is 0.493 e. The zero-order valence-electron chi connectivity index (χ0n) is 13.7. The molecular formula is C20H22FNO2. The van der Waals surface area contributed by atoms with Crippen molar-refractivity contribution in [3.63, 3.8) is 0 Å². The molecule has 0 saturated carbocycles. The number of carbonyl (C=O) groups excluding carboxylic acids is 1. The second-order valence-electron chi connectivity index (χ2n) is 5.42. The fourth-order valence-electron chi connectivity index (χ4n) is 2.33. The molecule has 3 nitrogen and oxygen atoms in total. The topological polar surface area (TPSA) is 29.5 Å². The van der Waals surface area contributed by atoms with E-state index >= 15 is 0 Å². The van der Waals surface area contributed by atoms with Gasteiger partial charge in [-0.2, -0.15) is 0 Å². The van der Waals surface area contributed by atoms with Crippen LogP contribution < -0.4 is 4.74 Å². The average molecular weight is 327 g/mol. The summed E-state index contributed by atoms with van der Waals surface area (Å²) < 4.78 is 18.3. The van der Waals surface area contributed by atoms with E-state index in [-0.39, 0.29) is 24.8 Å². The maximum atomic E-state index is 12.8. The molecule has 1 amide bonds. The summed E-state index contributed by atoms with van der Waals surface area (Å²) in [6.45, 7) is 5.14. The van der Waals surface area contributed by atoms with Crippen LogP contribution in [0.1, 0.15) is 12.0 Å². The third kappa shape index (κ3) is 5.88. The molecule has 2 aromatic rings. The number of benzene rings is 2. The molecule has 4 heteroatoms. The lowest BCUT2D eigenvalue weighted by Crippen LogP contribution is -2.34. The number of rotatable bonds is 9. The number of amides is 1. The van der Waals surface area contributed by atoms with Crippen molar-refractivity contribution in [3.8, 4) is 5.75 Å². The maximum absolute atomic E-state index is 12.8. The minimum absolute atomic E-state index is 0.0212. The van der Waals surface area contributed by atoms with Crippen LogP contribution in [0.4, 0.5) is 4.39 Å². The van der Waals surface area contributed by atoms with Crippen molar-refractivity contribution in [2.45, 2.75) is 12.8 Å². The van der Waals surface area contributed by atoms with Crippen LogP contribution in [0.2, 0.25) is 0 Å². The van der Waals surface area contributed by atoms with Gasteiger partial charge in [0.1, 0.15) is 11.6 Å². The van der Waals surface area contributed by atoms with Crippen LogP contribution in [-0.4, -0.2) is 30.5 Å². The van der Waals surface area contributed by atoms with Crippen molar-refractivity contribution in [1.29, 1.82) is 0 Å². The molecule has 2 aromatic carbocycles. The summed E-state index contributed by atoms with van der Waals surface area (Å²) >= 11 is 0. The van der Waals surface area contributed by atoms with E-state index in [2.05, 4.69) is 6.58 Å². The Kier molecular flexibility index (Phi) is 7.02. The van der Waals surface area contributed by atoms with Gasteiger partial charge in [-0.15, -0.1) is 6.58 Å². The van der Waals surface area contributed by atoms with E-state index in [1.165, 1.54) is 17.7 Å². The summed E-state index contributed by atoms with van der Waals surface area (Å²) in [5.41, 5.74) is 1.20. The molecule has 0 radical (unpaired) electrons. The summed E-state index contributed by atoms with van der Waals surface area (Å²) in [5.74, 6) is 0.271. The highest BCUT2D eigenvalue weighted by atomic mass is 19.1. The molecule has 0 spiro atoms. The molecule has 0 aliphatic heterocycles. The second kappa shape index (κ2) is 9.50. The van der Waals surface area contributed by atoms with Crippen LogP contribution >= 0.6 is 0 Å². The third-order valence-electron chi connectivity index (χ3n) is 3.61. The van der Waals surface area contributed by atoms with Crippen LogP contribution in [0.15, 0.2) is 67.3 Å². The van der Waals surface area contributed by atoms with Crippen LogP contribution in [0.25, 0.3) is 0 Å². The fraction of sp³-hybridized carbons (Fsp3) is 0.250. The van der Waals surface area contributed by atoms with Gasteiger partial charge in [-0.05, 0) is 36.2 Å². The molecule has 0 aromatic heterocycles. The van der Waals surface area contributed by atoms with E-state index in [4.69, 9.17) is 4.74 Å². The monoisotopic (exact) mass is 327 g/mol. The lowest BCUT2D eigenvalue weighted by Gasteiger charge is -2.21. The zero-order valence-corrected chi connectivity index (χ0v) is 13.7. The Labute approximate surface area is 142 Å². The first-order valence-corrected chi connectivity index (χ1v) is 8.00. The van der Waals surface area contributed by atoms with Gasteiger partial charge >= 0.3 is 0 Å². The van der Waals surface area contributed by atoms with E-state index in [9.17, 15) is 9.18 Å². The number of hydrogen-bond donors (Lipinski definition) is 0. The van der Waals surface area contributed by atoms with E-state index in [1.54, 1.807) is 23.1 Å². The molecule has 0 saturated heterocycles. The van der Waals surface area contributed by atoms with Gasteiger partial charge in [0.2, 0.25) is 5.91 Å². The Bertz CT molecular complexity index is 640. The van der Waals surface area contributed by atoms with Gasteiger partial charge < -0.3 is 9.64 Å². The van der Waals surface area contributed by atoms with Crippen molar-refractivity contribution < 1.29 is 13.9 Å². The molecule has 0 aliphatic rings. The number of carbonyl (C=O) groups is 1. The highest BCUT2D eigenvalue weighted by molar-refractivity contribution is 5.76. The number of ether oxygens (including phenoxy) is 1. The van der Waals surface area contributed by atoms with Crippen LogP contribution in [-0.2, 0) is 11.2 Å². The minimum atomic E-state index is -0.309. The Morgan fingerprint density at radius 3 is 2.50 bits per heavy atom. The summed E-state index contributed by atoms with van der Waals surface area (Å²) in [7, 11) is 0. The SMILES string of the molecule is C=CCN(CCc1ccccc1)C(=O)CCOc1ccc(F)cc1. The first kappa shape index (κ1) is 17.7. The minimum Gasteiger partial charge on any atom is -0.493 e. The molecule has 24 heavy (non-hydrogen) atoms. The summed E-state index contributed by atoms with van der Waals surface area (Å²) in [5, 5.41) is 0. The Hall–Kier alpha value is -2.62. The lowest BCUT2D eigenvalue weighted by atomic mass is 10.1. The van der Waals surface area contributed by atoms with Crippen molar-refractivity contribution in [1.82, 2.24) is 4.90 Å². The molecule has 0 aliphatic carbocycles. The van der Waals surface area contributed by atoms with Crippen molar-refractivity contribution >= 4 is 5.91 Å². The quantitative estimate of drug-likeness (QED) is 0.655. The average Bonchev–Trinajstić information content (AvgIpc) is 2.61. The van der Waals surface area contributed by atoms with Gasteiger partial charge in [0.05, 0.1) is 13.0 Å². The number of nitrogens with zero attached hydrogens (tertiary/aromatic N) is 1. The predicted octanol–water partition coefficient (Wildman–Crippen LogP) is 3.85. The standard InChI is InChI=1S/C20H22FNO2/c1-2-14-22(15-12-17-6-4-3-5-7-17)20(23)13-16-24-19-10-8-18(21)9-11-19/h2-11H,1,12-16H2. The molecule has 0 fully saturated rings. The highest BCUT2D eigenvalue weighted by Gasteiger charge is 2.12. The van der Waals surface area contributed by atoms with Crippen molar-refractivity contribution in [2.75, 3.05) is 19.7 Å². The fourth-order valence-corrected chi connectivity index (χ4v) is 2.33. The Morgan fingerprint density at radius 2 is 1.83 bits per heavy atom. The molecule has 126 valence electrons. The predicted molar refractivity (Wildman–Crippen MR) is 93.4 cm³/mol. The Morgan fingerprint density at radius 1 is 1.12 bits per heavy atom. The van der Waals surface area contributed by atoms with Gasteiger partial charge in [0, 0.05) is 13.1 Å². The van der Waals surface area contributed by atoms with Gasteiger partial charge in [-0.25, -0.2) is 4.39 Å². The van der Waals surface area contributed by atoms with Crippen LogP contribution in [0.5, 0.6) is 5.75 Å². The van der Waals surface area contributed by atoms with E-state index in [0.29, 0.717) is 18.8 Å². The van der Waals surface area contributed by atoms with Crippen LogP contribution in [0.3, 0.4) is 0 Å². The van der Waals surface area contributed by atoms with Crippen molar-refractivity contribution in [3.05, 3.63) is 78.6 Å². The lowest BCUT2D eigenvalue weighted by molar-refractivity contribution is -0.131. The summed E-state index contributed by atoms with van der Waals surface area (Å²) in [4.78, 5) is 14.1. The highest BCUT2D eigenvalue weighted by Crippen LogP contribution is 2.11. The van der Waals surface area contributed by atoms with Crippen molar-refractivity contribution in [2.24, 2.45) is 0 Å². The molecule has 0 heterocycles. The molecule has 0 atom stereocenters. The normalized spacial score (nSPS) is 10.2. The van der Waals surface area contributed by atoms with E-state index in [0.717, 1.165) is 6.42 Å². The first-order chi connectivity index (χ1) is 11.7.